The molecule has 0 saturated carbocycles. The molecule has 0 atom stereocenters. The Morgan fingerprint density at radius 2 is 1.42 bits per heavy atom. The van der Waals surface area contributed by atoms with Gasteiger partial charge in [0.1, 0.15) is 0 Å². The van der Waals surface area contributed by atoms with Gasteiger partial charge in [-0.1, -0.05) is 31.8 Å². The highest BCUT2D eigenvalue weighted by Crippen LogP contribution is 2.06. The van der Waals surface area contributed by atoms with Crippen molar-refractivity contribution < 1.29 is 0 Å². The van der Waals surface area contributed by atoms with Gasteiger partial charge in [0.25, 0.3) is 0 Å². The Morgan fingerprint density at radius 3 is 2.00 bits per heavy atom. The molecule has 0 aromatic rings. The molecule has 0 spiro atoms. The van der Waals surface area contributed by atoms with E-state index in [0.29, 0.717) is 0 Å². The van der Waals surface area contributed by atoms with E-state index < -0.39 is 0 Å². The maximum Gasteiger partial charge on any atom is -0.00773 e. The van der Waals surface area contributed by atoms with Gasteiger partial charge in [-0.15, -0.1) is 0 Å². The molecule has 0 saturated heterocycles. The van der Waals surface area contributed by atoms with Crippen LogP contribution in [0.4, 0.5) is 0 Å². The molecule has 72 valence electrons. The fraction of sp³-hybridized carbons (Fsp3) is 0.800. The van der Waals surface area contributed by atoms with Crippen LogP contribution in [0.2, 0.25) is 0 Å². The summed E-state index contributed by atoms with van der Waals surface area (Å²) in [4.78, 5) is 0. The SMILES string of the molecule is NC=CCCCCCCCCN. The van der Waals surface area contributed by atoms with Gasteiger partial charge in [0, 0.05) is 0 Å². The zero-order chi connectivity index (χ0) is 9.07. The molecule has 0 heterocycles. The van der Waals surface area contributed by atoms with Gasteiger partial charge in [-0.05, 0) is 32.0 Å². The largest absolute Gasteiger partial charge is 0.405 e. The van der Waals surface area contributed by atoms with E-state index in [-0.39, 0.29) is 0 Å². The van der Waals surface area contributed by atoms with E-state index in [9.17, 15) is 0 Å². The molecule has 2 nitrogen and oxygen atoms in total. The molecule has 12 heavy (non-hydrogen) atoms. The van der Waals surface area contributed by atoms with Gasteiger partial charge in [0.05, 0.1) is 0 Å². The highest BCUT2D eigenvalue weighted by Gasteiger charge is 1.88. The molecule has 0 aliphatic carbocycles. The molecule has 0 radical (unpaired) electrons. The molecular formula is C10H22N2. The minimum atomic E-state index is 0.843. The molecule has 0 unspecified atom stereocenters. The summed E-state index contributed by atoms with van der Waals surface area (Å²) in [6.45, 7) is 0.843. The zero-order valence-electron chi connectivity index (χ0n) is 7.97. The third-order valence-corrected chi connectivity index (χ3v) is 1.96. The Morgan fingerprint density at radius 1 is 0.833 bits per heavy atom. The lowest BCUT2D eigenvalue weighted by molar-refractivity contribution is 0.600. The predicted molar refractivity (Wildman–Crippen MR) is 54.7 cm³/mol. The Balaban J connectivity index is 2.81. The number of rotatable bonds is 8. The van der Waals surface area contributed by atoms with Crippen molar-refractivity contribution in [2.75, 3.05) is 6.54 Å². The smallest absolute Gasteiger partial charge is 0.00773 e. The molecule has 0 bridgehead atoms. The Labute approximate surface area is 76.0 Å². The van der Waals surface area contributed by atoms with Crippen LogP contribution in [0.25, 0.3) is 0 Å². The molecule has 4 N–H and O–H groups in total. The second-order valence-electron chi connectivity index (χ2n) is 3.13. The lowest BCUT2D eigenvalue weighted by Crippen LogP contribution is -1.97. The topological polar surface area (TPSA) is 52.0 Å². The first-order valence-corrected chi connectivity index (χ1v) is 4.98. The van der Waals surface area contributed by atoms with Crippen LogP contribution in [0, 0.1) is 0 Å². The van der Waals surface area contributed by atoms with E-state index in [2.05, 4.69) is 0 Å². The van der Waals surface area contributed by atoms with Gasteiger partial charge < -0.3 is 11.5 Å². The van der Waals surface area contributed by atoms with Gasteiger partial charge in [-0.3, -0.25) is 0 Å². The predicted octanol–water partition coefficient (Wildman–Crippen LogP) is 2.15. The maximum absolute atomic E-state index is 5.39. The van der Waals surface area contributed by atoms with Crippen molar-refractivity contribution in [3.63, 3.8) is 0 Å². The lowest BCUT2D eigenvalue weighted by atomic mass is 10.1. The molecule has 0 aromatic carbocycles. The van der Waals surface area contributed by atoms with E-state index in [1.807, 2.05) is 6.08 Å². The third-order valence-electron chi connectivity index (χ3n) is 1.96. The summed E-state index contributed by atoms with van der Waals surface area (Å²) in [6.07, 6.45) is 12.6. The van der Waals surface area contributed by atoms with E-state index in [1.165, 1.54) is 38.5 Å². The van der Waals surface area contributed by atoms with Gasteiger partial charge in [-0.2, -0.15) is 0 Å². The minimum Gasteiger partial charge on any atom is -0.405 e. The maximum atomic E-state index is 5.39. The molecule has 0 aliphatic heterocycles. The summed E-state index contributed by atoms with van der Waals surface area (Å²) in [5, 5.41) is 0. The number of unbranched alkanes of at least 4 members (excludes halogenated alkanes) is 6. The molecule has 2 heteroatoms. The first kappa shape index (κ1) is 11.5. The van der Waals surface area contributed by atoms with Crippen LogP contribution in [-0.2, 0) is 0 Å². The average molecular weight is 170 g/mol. The Bertz CT molecular complexity index is 100. The standard InChI is InChI=1S/C10H22N2/c11-9-7-5-3-1-2-4-6-8-10-12/h7,9H,1-6,8,10-12H2. The number of allylic oxidation sites excluding steroid dienone is 1. The van der Waals surface area contributed by atoms with Crippen LogP contribution < -0.4 is 11.5 Å². The lowest BCUT2D eigenvalue weighted by Gasteiger charge is -1.98. The van der Waals surface area contributed by atoms with Crippen LogP contribution in [0.15, 0.2) is 12.3 Å². The summed E-state index contributed by atoms with van der Waals surface area (Å²) < 4.78 is 0. The first-order chi connectivity index (χ1) is 5.91. The quantitative estimate of drug-likeness (QED) is 0.548. The highest BCUT2D eigenvalue weighted by atomic mass is 14.5. The highest BCUT2D eigenvalue weighted by molar-refractivity contribution is 4.74. The number of hydrogen-bond acceptors (Lipinski definition) is 2. The van der Waals surface area contributed by atoms with Crippen LogP contribution in [0.1, 0.15) is 44.9 Å². The second kappa shape index (κ2) is 10.5. The van der Waals surface area contributed by atoms with Crippen molar-refractivity contribution in [1.29, 1.82) is 0 Å². The van der Waals surface area contributed by atoms with Crippen LogP contribution >= 0.6 is 0 Å². The fourth-order valence-electron chi connectivity index (χ4n) is 1.21. The van der Waals surface area contributed by atoms with Crippen LogP contribution in [0.3, 0.4) is 0 Å². The van der Waals surface area contributed by atoms with E-state index in [4.69, 9.17) is 11.5 Å². The van der Waals surface area contributed by atoms with Crippen molar-refractivity contribution in [2.45, 2.75) is 44.9 Å². The summed E-state index contributed by atoms with van der Waals surface area (Å²) in [5.74, 6) is 0. The summed E-state index contributed by atoms with van der Waals surface area (Å²) in [6, 6.07) is 0. The number of nitrogens with two attached hydrogens (primary N) is 2. The van der Waals surface area contributed by atoms with Gasteiger partial charge in [0.2, 0.25) is 0 Å². The minimum absolute atomic E-state index is 0.843. The third kappa shape index (κ3) is 9.50. The van der Waals surface area contributed by atoms with Crippen molar-refractivity contribution in [2.24, 2.45) is 11.5 Å². The van der Waals surface area contributed by atoms with Gasteiger partial charge in [0.15, 0.2) is 0 Å². The Hall–Kier alpha value is -0.500. The molecule has 0 aromatic heterocycles. The van der Waals surface area contributed by atoms with Gasteiger partial charge in [-0.25, -0.2) is 0 Å². The Kier molecular flexibility index (Phi) is 10.1. The van der Waals surface area contributed by atoms with E-state index in [0.717, 1.165) is 13.0 Å². The van der Waals surface area contributed by atoms with Crippen molar-refractivity contribution in [1.82, 2.24) is 0 Å². The fourth-order valence-corrected chi connectivity index (χ4v) is 1.21. The monoisotopic (exact) mass is 170 g/mol. The van der Waals surface area contributed by atoms with E-state index in [1.54, 1.807) is 6.20 Å². The summed E-state index contributed by atoms with van der Waals surface area (Å²) in [7, 11) is 0. The zero-order valence-corrected chi connectivity index (χ0v) is 7.97. The second-order valence-corrected chi connectivity index (χ2v) is 3.13. The molecule has 0 amide bonds. The molecule has 0 aliphatic rings. The van der Waals surface area contributed by atoms with Crippen molar-refractivity contribution in [3.05, 3.63) is 12.3 Å². The van der Waals surface area contributed by atoms with Crippen LogP contribution in [-0.4, -0.2) is 6.54 Å². The van der Waals surface area contributed by atoms with E-state index >= 15 is 0 Å². The number of hydrogen-bond donors (Lipinski definition) is 2. The summed E-state index contributed by atoms with van der Waals surface area (Å²) in [5.41, 5.74) is 10.6. The van der Waals surface area contributed by atoms with Crippen molar-refractivity contribution >= 4 is 0 Å². The van der Waals surface area contributed by atoms with Crippen LogP contribution in [0.5, 0.6) is 0 Å². The molecular weight excluding hydrogens is 148 g/mol. The molecule has 0 rings (SSSR count). The van der Waals surface area contributed by atoms with Gasteiger partial charge >= 0.3 is 0 Å². The normalized spacial score (nSPS) is 11.1. The van der Waals surface area contributed by atoms with Crippen molar-refractivity contribution in [3.8, 4) is 0 Å². The first-order valence-electron chi connectivity index (χ1n) is 4.98. The average Bonchev–Trinajstić information content (AvgIpc) is 2.10. The summed E-state index contributed by atoms with van der Waals surface area (Å²) >= 11 is 0. The molecule has 0 fully saturated rings.